The summed E-state index contributed by atoms with van der Waals surface area (Å²) in [4.78, 5) is 14.3. The number of halogens is 1. The van der Waals surface area contributed by atoms with Crippen molar-refractivity contribution in [3.63, 3.8) is 0 Å². The number of ketones is 1. The third-order valence-corrected chi connectivity index (χ3v) is 3.74. The van der Waals surface area contributed by atoms with E-state index in [1.165, 1.54) is 12.1 Å². The maximum Gasteiger partial charge on any atom is 0.164 e. The lowest BCUT2D eigenvalue weighted by Crippen LogP contribution is -2.38. The molecule has 0 saturated carbocycles. The molecule has 0 radical (unpaired) electrons. The fourth-order valence-corrected chi connectivity index (χ4v) is 2.60. The summed E-state index contributed by atoms with van der Waals surface area (Å²) in [7, 11) is 0. The third kappa shape index (κ3) is 4.39. The molecule has 1 saturated heterocycles. The van der Waals surface area contributed by atoms with Gasteiger partial charge in [-0.2, -0.15) is 0 Å². The summed E-state index contributed by atoms with van der Waals surface area (Å²) >= 11 is 0. The van der Waals surface area contributed by atoms with Gasteiger partial charge < -0.3 is 9.64 Å². The molecule has 1 aromatic carbocycles. The molecule has 1 aliphatic heterocycles. The first-order chi connectivity index (χ1) is 9.69. The number of carbonyl (C=O) groups is 1. The molecule has 0 bridgehead atoms. The summed E-state index contributed by atoms with van der Waals surface area (Å²) < 4.78 is 18.7. The van der Waals surface area contributed by atoms with Gasteiger partial charge in [0.2, 0.25) is 0 Å². The number of nitrogens with zero attached hydrogens (tertiary/aromatic N) is 1. The van der Waals surface area contributed by atoms with Gasteiger partial charge in [0, 0.05) is 38.2 Å². The molecular formula is C16H22FNO2. The second-order valence-electron chi connectivity index (χ2n) is 5.18. The van der Waals surface area contributed by atoms with Crippen LogP contribution in [0.4, 0.5) is 4.39 Å². The van der Waals surface area contributed by atoms with Crippen LogP contribution in [0.2, 0.25) is 0 Å². The minimum atomic E-state index is -0.353. The van der Waals surface area contributed by atoms with Gasteiger partial charge in [-0.15, -0.1) is 0 Å². The maximum atomic E-state index is 13.1. The molecule has 0 unspecified atom stereocenters. The van der Waals surface area contributed by atoms with E-state index in [0.29, 0.717) is 18.1 Å². The monoisotopic (exact) mass is 279 g/mol. The Balaban J connectivity index is 1.74. The van der Waals surface area contributed by atoms with Crippen LogP contribution in [0.5, 0.6) is 0 Å². The number of rotatable bonds is 6. The molecule has 0 N–H and O–H groups in total. The van der Waals surface area contributed by atoms with E-state index in [0.717, 1.165) is 39.1 Å². The number of hydrogen-bond acceptors (Lipinski definition) is 3. The largest absolute Gasteiger partial charge is 0.378 e. The van der Waals surface area contributed by atoms with Crippen molar-refractivity contribution in [2.45, 2.75) is 32.3 Å². The second-order valence-corrected chi connectivity index (χ2v) is 5.18. The fraction of sp³-hybridized carbons (Fsp3) is 0.562. The van der Waals surface area contributed by atoms with Gasteiger partial charge in [0.05, 0.1) is 6.10 Å². The number of carbonyl (C=O) groups excluding carboxylic acids is 1. The quantitative estimate of drug-likeness (QED) is 0.750. The zero-order valence-corrected chi connectivity index (χ0v) is 12.0. The van der Waals surface area contributed by atoms with E-state index in [1.54, 1.807) is 12.1 Å². The molecule has 0 spiro atoms. The van der Waals surface area contributed by atoms with Crippen molar-refractivity contribution in [1.82, 2.24) is 4.90 Å². The predicted octanol–water partition coefficient (Wildman–Crippen LogP) is 2.90. The van der Waals surface area contributed by atoms with Gasteiger partial charge in [0.15, 0.2) is 5.78 Å². The van der Waals surface area contributed by atoms with Crippen LogP contribution >= 0.6 is 0 Å². The average Bonchev–Trinajstić information content (AvgIpc) is 2.46. The van der Waals surface area contributed by atoms with Crippen molar-refractivity contribution >= 4 is 5.78 Å². The van der Waals surface area contributed by atoms with Crippen LogP contribution in [0.25, 0.3) is 0 Å². The SMILES string of the molecule is CCOC1CCN(CCC(=O)c2cccc(F)c2)CC1. The topological polar surface area (TPSA) is 29.5 Å². The highest BCUT2D eigenvalue weighted by molar-refractivity contribution is 5.96. The van der Waals surface area contributed by atoms with Gasteiger partial charge in [0.25, 0.3) is 0 Å². The first-order valence-corrected chi connectivity index (χ1v) is 7.31. The van der Waals surface area contributed by atoms with Crippen molar-refractivity contribution in [3.8, 4) is 0 Å². The Morgan fingerprint density at radius 2 is 2.15 bits per heavy atom. The zero-order chi connectivity index (χ0) is 14.4. The Bertz CT molecular complexity index is 442. The molecule has 1 heterocycles. The Labute approximate surface area is 119 Å². The average molecular weight is 279 g/mol. The second kappa shape index (κ2) is 7.50. The van der Waals surface area contributed by atoms with Gasteiger partial charge in [-0.25, -0.2) is 4.39 Å². The highest BCUT2D eigenvalue weighted by Gasteiger charge is 2.19. The number of likely N-dealkylation sites (tertiary alicyclic amines) is 1. The summed E-state index contributed by atoms with van der Waals surface area (Å²) in [5.74, 6) is -0.343. The molecule has 3 nitrogen and oxygen atoms in total. The van der Waals surface area contributed by atoms with Crippen molar-refractivity contribution in [2.24, 2.45) is 0 Å². The third-order valence-electron chi connectivity index (χ3n) is 3.74. The van der Waals surface area contributed by atoms with E-state index >= 15 is 0 Å². The Hall–Kier alpha value is -1.26. The fourth-order valence-electron chi connectivity index (χ4n) is 2.60. The van der Waals surface area contributed by atoms with Gasteiger partial charge in [0.1, 0.15) is 5.82 Å². The molecule has 1 fully saturated rings. The number of ether oxygens (including phenoxy) is 1. The molecule has 110 valence electrons. The number of benzene rings is 1. The molecular weight excluding hydrogens is 257 g/mol. The number of Topliss-reactive ketones (excluding diaryl/α,β-unsaturated/α-hetero) is 1. The predicted molar refractivity (Wildman–Crippen MR) is 76.4 cm³/mol. The first kappa shape index (κ1) is 15.1. The van der Waals surface area contributed by atoms with E-state index in [4.69, 9.17) is 4.74 Å². The molecule has 2 rings (SSSR count). The smallest absolute Gasteiger partial charge is 0.164 e. The lowest BCUT2D eigenvalue weighted by Gasteiger charge is -2.31. The van der Waals surface area contributed by atoms with Crippen LogP contribution < -0.4 is 0 Å². The highest BCUT2D eigenvalue weighted by atomic mass is 19.1. The summed E-state index contributed by atoms with van der Waals surface area (Å²) in [5.41, 5.74) is 0.467. The molecule has 0 aromatic heterocycles. The van der Waals surface area contributed by atoms with E-state index in [9.17, 15) is 9.18 Å². The summed E-state index contributed by atoms with van der Waals surface area (Å²) in [6.45, 7) is 5.48. The molecule has 0 aliphatic carbocycles. The lowest BCUT2D eigenvalue weighted by molar-refractivity contribution is 0.0143. The maximum absolute atomic E-state index is 13.1. The van der Waals surface area contributed by atoms with Crippen LogP contribution in [0.3, 0.4) is 0 Å². The summed E-state index contributed by atoms with van der Waals surface area (Å²) in [5, 5.41) is 0. The molecule has 1 aromatic rings. The van der Waals surface area contributed by atoms with Crippen molar-refractivity contribution in [3.05, 3.63) is 35.6 Å². The first-order valence-electron chi connectivity index (χ1n) is 7.31. The number of piperidine rings is 1. The van der Waals surface area contributed by atoms with Crippen LogP contribution in [-0.4, -0.2) is 43.0 Å². The molecule has 4 heteroatoms. The molecule has 0 atom stereocenters. The van der Waals surface area contributed by atoms with Gasteiger partial charge in [-0.1, -0.05) is 12.1 Å². The van der Waals surface area contributed by atoms with Gasteiger partial charge >= 0.3 is 0 Å². The van der Waals surface area contributed by atoms with Crippen LogP contribution in [0, 0.1) is 5.82 Å². The Kier molecular flexibility index (Phi) is 5.68. The minimum Gasteiger partial charge on any atom is -0.378 e. The van der Waals surface area contributed by atoms with Gasteiger partial charge in [-0.3, -0.25) is 4.79 Å². The summed E-state index contributed by atoms with van der Waals surface area (Å²) in [6, 6.07) is 5.92. The van der Waals surface area contributed by atoms with Gasteiger partial charge in [-0.05, 0) is 31.9 Å². The number of hydrogen-bond donors (Lipinski definition) is 0. The van der Waals surface area contributed by atoms with Crippen LogP contribution in [-0.2, 0) is 4.74 Å². The standard InChI is InChI=1S/C16H22FNO2/c1-2-20-15-6-9-18(10-7-15)11-8-16(19)13-4-3-5-14(17)12-13/h3-5,12,15H,2,6-11H2,1H3. The van der Waals surface area contributed by atoms with Crippen LogP contribution in [0.1, 0.15) is 36.5 Å². The molecule has 0 amide bonds. The minimum absolute atomic E-state index is 0.0106. The zero-order valence-electron chi connectivity index (χ0n) is 12.0. The van der Waals surface area contributed by atoms with Crippen molar-refractivity contribution in [2.75, 3.05) is 26.2 Å². The van der Waals surface area contributed by atoms with E-state index < -0.39 is 0 Å². The van der Waals surface area contributed by atoms with E-state index in [-0.39, 0.29) is 11.6 Å². The van der Waals surface area contributed by atoms with Crippen LogP contribution in [0.15, 0.2) is 24.3 Å². The Morgan fingerprint density at radius 3 is 2.80 bits per heavy atom. The summed E-state index contributed by atoms with van der Waals surface area (Å²) in [6.07, 6.45) is 2.88. The van der Waals surface area contributed by atoms with Crippen molar-refractivity contribution in [1.29, 1.82) is 0 Å². The molecule has 1 aliphatic rings. The van der Waals surface area contributed by atoms with E-state index in [2.05, 4.69) is 4.90 Å². The molecule has 20 heavy (non-hydrogen) atoms. The van der Waals surface area contributed by atoms with Crippen molar-refractivity contribution < 1.29 is 13.9 Å². The lowest BCUT2D eigenvalue weighted by atomic mass is 10.1. The van der Waals surface area contributed by atoms with E-state index in [1.807, 2.05) is 6.92 Å². The highest BCUT2D eigenvalue weighted by Crippen LogP contribution is 2.14. The normalized spacial score (nSPS) is 17.3. The Morgan fingerprint density at radius 1 is 1.40 bits per heavy atom.